The molecular weight excluding hydrogens is 292 g/mol. The Morgan fingerprint density at radius 3 is 2.35 bits per heavy atom. The van der Waals surface area contributed by atoms with Crippen molar-refractivity contribution in [3.05, 3.63) is 9.27 Å². The molecular formula is C7H11ClN2O5S2. The maximum absolute atomic E-state index is 11.8. The highest BCUT2D eigenvalue weighted by atomic mass is 35.5. The van der Waals surface area contributed by atoms with Crippen molar-refractivity contribution in [2.75, 3.05) is 20.7 Å². The second-order valence-electron chi connectivity index (χ2n) is 3.19. The Labute approximate surface area is 105 Å². The topological polar surface area (TPSA) is 93.1 Å². The molecule has 17 heavy (non-hydrogen) atoms. The van der Waals surface area contributed by atoms with Crippen LogP contribution >= 0.6 is 11.6 Å². The van der Waals surface area contributed by atoms with Crippen LogP contribution in [0.15, 0.2) is 13.7 Å². The van der Waals surface area contributed by atoms with E-state index in [9.17, 15) is 16.8 Å². The molecule has 0 aromatic heterocycles. The van der Waals surface area contributed by atoms with Gasteiger partial charge in [-0.15, -0.1) is 4.40 Å². The molecule has 0 atom stereocenters. The van der Waals surface area contributed by atoms with Crippen LogP contribution in [0.2, 0.25) is 0 Å². The summed E-state index contributed by atoms with van der Waals surface area (Å²) >= 11 is 5.67. The van der Waals surface area contributed by atoms with Crippen LogP contribution in [0, 0.1) is 0 Å². The molecule has 0 fully saturated rings. The molecule has 98 valence electrons. The molecule has 0 aromatic carbocycles. The second-order valence-corrected chi connectivity index (χ2v) is 7.46. The van der Waals surface area contributed by atoms with Crippen molar-refractivity contribution in [3.63, 3.8) is 0 Å². The van der Waals surface area contributed by atoms with E-state index in [0.717, 1.165) is 4.31 Å². The summed E-state index contributed by atoms with van der Waals surface area (Å²) in [5.41, 5.74) is 0. The molecule has 0 amide bonds. The molecule has 0 bridgehead atoms. The van der Waals surface area contributed by atoms with Gasteiger partial charge in [-0.2, -0.15) is 8.42 Å². The smallest absolute Gasteiger partial charge is 0.299 e. The van der Waals surface area contributed by atoms with Crippen LogP contribution in [0.5, 0.6) is 0 Å². The molecule has 1 aliphatic rings. The minimum absolute atomic E-state index is 0.125. The van der Waals surface area contributed by atoms with Crippen LogP contribution in [0.3, 0.4) is 0 Å². The summed E-state index contributed by atoms with van der Waals surface area (Å²) in [5.74, 6) is -0.394. The van der Waals surface area contributed by atoms with Crippen molar-refractivity contribution in [2.45, 2.75) is 6.92 Å². The van der Waals surface area contributed by atoms with Gasteiger partial charge in [-0.3, -0.25) is 0 Å². The zero-order valence-electron chi connectivity index (χ0n) is 9.34. The van der Waals surface area contributed by atoms with E-state index in [4.69, 9.17) is 16.3 Å². The number of nitrogens with zero attached hydrogens (tertiary/aromatic N) is 2. The van der Waals surface area contributed by atoms with Gasteiger partial charge in [0.25, 0.3) is 20.0 Å². The SMILES string of the molecule is CCOC1=NS(=O)(=O)C(S(=O)(=O)N(C)C)=C1Cl. The van der Waals surface area contributed by atoms with E-state index in [1.807, 2.05) is 0 Å². The van der Waals surface area contributed by atoms with E-state index in [1.54, 1.807) is 6.92 Å². The molecule has 0 saturated carbocycles. The first-order valence-corrected chi connectivity index (χ1v) is 7.71. The first kappa shape index (κ1) is 14.4. The lowest BCUT2D eigenvalue weighted by molar-refractivity contribution is 0.330. The van der Waals surface area contributed by atoms with Crippen LogP contribution in [0.1, 0.15) is 6.92 Å². The van der Waals surface area contributed by atoms with Crippen molar-refractivity contribution in [3.8, 4) is 0 Å². The Balaban J connectivity index is 3.46. The lowest BCUT2D eigenvalue weighted by Gasteiger charge is -2.10. The Morgan fingerprint density at radius 2 is 1.94 bits per heavy atom. The number of hydrogen-bond acceptors (Lipinski definition) is 5. The predicted octanol–water partition coefficient (Wildman–Crippen LogP) is 0.0641. The first-order valence-electron chi connectivity index (χ1n) is 4.45. The lowest BCUT2D eigenvalue weighted by atomic mass is 10.6. The van der Waals surface area contributed by atoms with Gasteiger partial charge in [0.2, 0.25) is 10.1 Å². The maximum Gasteiger partial charge on any atom is 0.299 e. The van der Waals surface area contributed by atoms with Gasteiger partial charge < -0.3 is 4.74 Å². The van der Waals surface area contributed by atoms with E-state index < -0.39 is 35.2 Å². The summed E-state index contributed by atoms with van der Waals surface area (Å²) < 4.78 is 54.6. The molecule has 1 aliphatic heterocycles. The van der Waals surface area contributed by atoms with E-state index >= 15 is 0 Å². The Hall–Kier alpha value is -0.640. The summed E-state index contributed by atoms with van der Waals surface area (Å²) in [6, 6.07) is 0. The van der Waals surface area contributed by atoms with Gasteiger partial charge in [0.1, 0.15) is 5.03 Å². The van der Waals surface area contributed by atoms with Crippen LogP contribution in [0.25, 0.3) is 0 Å². The van der Waals surface area contributed by atoms with Gasteiger partial charge in [0.15, 0.2) is 0 Å². The van der Waals surface area contributed by atoms with Crippen LogP contribution in [0.4, 0.5) is 0 Å². The maximum atomic E-state index is 11.8. The summed E-state index contributed by atoms with van der Waals surface area (Å²) in [4.78, 5) is 0. The molecule has 0 spiro atoms. The number of hydrogen-bond donors (Lipinski definition) is 0. The minimum atomic E-state index is -4.33. The molecule has 1 heterocycles. The quantitative estimate of drug-likeness (QED) is 0.735. The van der Waals surface area contributed by atoms with E-state index in [0.29, 0.717) is 0 Å². The summed E-state index contributed by atoms with van der Waals surface area (Å²) in [6.45, 7) is 1.72. The second kappa shape index (κ2) is 4.56. The normalized spacial score (nSPS) is 19.7. The Bertz CT molecular complexity index is 588. The summed E-state index contributed by atoms with van der Waals surface area (Å²) in [7, 11) is -6.13. The fraction of sp³-hybridized carbons (Fsp3) is 0.571. The van der Waals surface area contributed by atoms with Gasteiger partial charge in [0, 0.05) is 14.1 Å². The molecule has 0 N–H and O–H groups in total. The molecule has 10 heteroatoms. The van der Waals surface area contributed by atoms with Gasteiger partial charge >= 0.3 is 0 Å². The molecule has 1 rings (SSSR count). The van der Waals surface area contributed by atoms with E-state index in [1.165, 1.54) is 14.1 Å². The molecule has 0 radical (unpaired) electrons. The Morgan fingerprint density at radius 1 is 1.41 bits per heavy atom. The molecule has 0 aromatic rings. The molecule has 0 aliphatic carbocycles. The number of ether oxygens (including phenoxy) is 1. The molecule has 7 nitrogen and oxygen atoms in total. The van der Waals surface area contributed by atoms with E-state index in [-0.39, 0.29) is 6.61 Å². The highest BCUT2D eigenvalue weighted by Crippen LogP contribution is 2.32. The zero-order valence-corrected chi connectivity index (χ0v) is 11.7. The lowest BCUT2D eigenvalue weighted by Crippen LogP contribution is -2.26. The van der Waals surface area contributed by atoms with Crippen molar-refractivity contribution < 1.29 is 21.6 Å². The number of rotatable bonds is 3. The van der Waals surface area contributed by atoms with Gasteiger partial charge in [-0.25, -0.2) is 12.7 Å². The fourth-order valence-electron chi connectivity index (χ4n) is 1.03. The highest BCUT2D eigenvalue weighted by molar-refractivity contribution is 8.13. The molecule has 0 unspecified atom stereocenters. The average Bonchev–Trinajstić information content (AvgIpc) is 2.37. The minimum Gasteiger partial charge on any atom is -0.476 e. The summed E-state index contributed by atoms with van der Waals surface area (Å²) in [6.07, 6.45) is 0. The van der Waals surface area contributed by atoms with Crippen molar-refractivity contribution in [1.82, 2.24) is 4.31 Å². The number of sulfonamides is 2. The van der Waals surface area contributed by atoms with Gasteiger partial charge in [0.05, 0.1) is 6.61 Å². The van der Waals surface area contributed by atoms with Crippen LogP contribution in [-0.2, 0) is 24.8 Å². The predicted molar refractivity (Wildman–Crippen MR) is 63.5 cm³/mol. The van der Waals surface area contributed by atoms with Gasteiger partial charge in [-0.05, 0) is 6.92 Å². The zero-order chi connectivity index (χ0) is 13.4. The first-order chi connectivity index (χ1) is 7.64. The standard InChI is InChI=1S/C7H11ClN2O5S2/c1-4-15-6-5(8)7(16(11,12)9-6)17(13,14)10(2)3/h4H2,1-3H3. The van der Waals surface area contributed by atoms with Crippen molar-refractivity contribution in [2.24, 2.45) is 4.40 Å². The Kier molecular flexibility index (Phi) is 3.87. The third-order valence-electron chi connectivity index (χ3n) is 1.80. The van der Waals surface area contributed by atoms with E-state index in [2.05, 4.69) is 4.40 Å². The van der Waals surface area contributed by atoms with Gasteiger partial charge in [-0.1, -0.05) is 11.6 Å². The molecule has 0 saturated heterocycles. The highest BCUT2D eigenvalue weighted by Gasteiger charge is 2.42. The van der Waals surface area contributed by atoms with Crippen LogP contribution in [-0.4, -0.2) is 47.7 Å². The van der Waals surface area contributed by atoms with Crippen molar-refractivity contribution in [1.29, 1.82) is 0 Å². The van der Waals surface area contributed by atoms with Crippen LogP contribution < -0.4 is 0 Å². The average molecular weight is 303 g/mol. The van der Waals surface area contributed by atoms with Crippen molar-refractivity contribution >= 4 is 37.5 Å². The summed E-state index contributed by atoms with van der Waals surface area (Å²) in [5, 5.41) is -0.513. The third kappa shape index (κ3) is 2.46. The fourth-order valence-corrected chi connectivity index (χ4v) is 4.79. The number of halogens is 1. The monoisotopic (exact) mass is 302 g/mol. The largest absolute Gasteiger partial charge is 0.476 e. The third-order valence-corrected chi connectivity index (χ3v) is 6.35.